The second-order valence-electron chi connectivity index (χ2n) is 6.85. The number of rotatable bonds is 2. The second-order valence-corrected chi connectivity index (χ2v) is 6.85. The number of carboxylic acid groups (broad SMARTS) is 1. The molecule has 4 nitrogen and oxygen atoms in total. The number of carbonyl (C=O) groups excluding carboxylic acids is 1. The Kier molecular flexibility index (Phi) is 2.99. The number of aliphatic carboxylic acids is 1. The zero-order valence-electron chi connectivity index (χ0n) is 11.3. The highest BCUT2D eigenvalue weighted by Gasteiger charge is 2.50. The minimum Gasteiger partial charge on any atom is -0.478 e. The van der Waals surface area contributed by atoms with Gasteiger partial charge in [0, 0.05) is 24.7 Å². The Labute approximate surface area is 108 Å². The van der Waals surface area contributed by atoms with Crippen molar-refractivity contribution in [3.63, 3.8) is 0 Å². The third-order valence-electron chi connectivity index (χ3n) is 4.07. The van der Waals surface area contributed by atoms with Gasteiger partial charge in [0.25, 0.3) is 0 Å². The minimum absolute atomic E-state index is 0.163. The molecule has 1 amide bonds. The van der Waals surface area contributed by atoms with E-state index >= 15 is 0 Å². The van der Waals surface area contributed by atoms with Crippen molar-refractivity contribution in [2.45, 2.75) is 46.1 Å². The summed E-state index contributed by atoms with van der Waals surface area (Å²) in [6, 6.07) is 0.268. The normalized spacial score (nSPS) is 33.9. The Hall–Kier alpha value is -1.32. The molecule has 2 fully saturated rings. The van der Waals surface area contributed by atoms with Crippen molar-refractivity contribution in [2.75, 3.05) is 6.54 Å². The van der Waals surface area contributed by atoms with Crippen molar-refractivity contribution >= 4 is 11.9 Å². The lowest BCUT2D eigenvalue weighted by Crippen LogP contribution is -2.37. The summed E-state index contributed by atoms with van der Waals surface area (Å²) in [6.07, 6.45) is 5.29. The molecule has 4 heteroatoms. The fraction of sp³-hybridized carbons (Fsp3) is 0.714. The molecule has 0 radical (unpaired) electrons. The standard InChI is InChI=1S/C14H21NO3/c1-13(2)6-10-7-14(3,8-13)9-15(10)11(16)4-5-12(17)18/h4-5,10H,6-9H2,1-3H3,(H,17,18)/b5-4+. The number of nitrogens with zero attached hydrogens (tertiary/aromatic N) is 1. The molecule has 2 bridgehead atoms. The Morgan fingerprint density at radius 1 is 1.22 bits per heavy atom. The Morgan fingerprint density at radius 2 is 1.89 bits per heavy atom. The number of amides is 1. The van der Waals surface area contributed by atoms with Gasteiger partial charge in [-0.1, -0.05) is 20.8 Å². The van der Waals surface area contributed by atoms with E-state index in [1.807, 2.05) is 4.90 Å². The highest BCUT2D eigenvalue weighted by molar-refractivity contribution is 5.94. The summed E-state index contributed by atoms with van der Waals surface area (Å²) in [5.74, 6) is -1.24. The fourth-order valence-corrected chi connectivity index (χ4v) is 3.96. The highest BCUT2D eigenvalue weighted by atomic mass is 16.4. The van der Waals surface area contributed by atoms with Crippen LogP contribution in [0.15, 0.2) is 12.2 Å². The van der Waals surface area contributed by atoms with Crippen LogP contribution in [0.3, 0.4) is 0 Å². The summed E-state index contributed by atoms with van der Waals surface area (Å²) in [5.41, 5.74) is 0.461. The average Bonchev–Trinajstić information content (AvgIpc) is 2.44. The van der Waals surface area contributed by atoms with Crippen LogP contribution in [0.1, 0.15) is 40.0 Å². The molecule has 18 heavy (non-hydrogen) atoms. The van der Waals surface area contributed by atoms with Crippen LogP contribution in [0.5, 0.6) is 0 Å². The van der Waals surface area contributed by atoms with E-state index in [1.165, 1.54) is 6.08 Å². The number of likely N-dealkylation sites (tertiary alicyclic amines) is 1. The van der Waals surface area contributed by atoms with Crippen LogP contribution in [0.2, 0.25) is 0 Å². The molecule has 1 aliphatic heterocycles. The maximum atomic E-state index is 12.0. The Bertz CT molecular complexity index is 413. The molecule has 1 saturated heterocycles. The molecule has 2 aliphatic rings. The zero-order chi connectivity index (χ0) is 13.6. The number of hydrogen-bond acceptors (Lipinski definition) is 2. The molecule has 2 unspecified atom stereocenters. The zero-order valence-corrected chi connectivity index (χ0v) is 11.3. The molecule has 0 spiro atoms. The molecule has 1 heterocycles. The van der Waals surface area contributed by atoms with Crippen LogP contribution in [0.4, 0.5) is 0 Å². The summed E-state index contributed by atoms with van der Waals surface area (Å²) >= 11 is 0. The largest absolute Gasteiger partial charge is 0.478 e. The first-order chi connectivity index (χ1) is 8.21. The van der Waals surface area contributed by atoms with Gasteiger partial charge in [-0.3, -0.25) is 4.79 Å². The molecule has 2 rings (SSSR count). The third-order valence-corrected chi connectivity index (χ3v) is 4.07. The molecule has 1 N–H and O–H groups in total. The van der Waals surface area contributed by atoms with Gasteiger partial charge in [0.05, 0.1) is 0 Å². The van der Waals surface area contributed by atoms with Crippen molar-refractivity contribution in [3.05, 3.63) is 12.2 Å². The minimum atomic E-state index is -1.07. The van der Waals surface area contributed by atoms with Gasteiger partial charge in [-0.25, -0.2) is 4.79 Å². The number of carbonyl (C=O) groups is 2. The van der Waals surface area contributed by atoms with Crippen LogP contribution in [0.25, 0.3) is 0 Å². The quantitative estimate of drug-likeness (QED) is 0.764. The van der Waals surface area contributed by atoms with E-state index in [0.29, 0.717) is 0 Å². The van der Waals surface area contributed by atoms with E-state index in [9.17, 15) is 9.59 Å². The van der Waals surface area contributed by atoms with Crippen LogP contribution in [-0.2, 0) is 9.59 Å². The lowest BCUT2D eigenvalue weighted by Gasteiger charge is -2.39. The molecule has 1 saturated carbocycles. The van der Waals surface area contributed by atoms with E-state index in [2.05, 4.69) is 20.8 Å². The van der Waals surface area contributed by atoms with Gasteiger partial charge in [-0.05, 0) is 30.1 Å². The first-order valence-corrected chi connectivity index (χ1v) is 6.42. The van der Waals surface area contributed by atoms with E-state index in [4.69, 9.17) is 5.11 Å². The molecular weight excluding hydrogens is 230 g/mol. The molecule has 2 atom stereocenters. The summed E-state index contributed by atoms with van der Waals surface area (Å²) in [7, 11) is 0. The van der Waals surface area contributed by atoms with Crippen molar-refractivity contribution in [1.29, 1.82) is 0 Å². The SMILES string of the molecule is CC1(C)CC2CC(C)(CN2C(=O)/C=C/C(=O)O)C1. The Balaban J connectivity index is 2.13. The molecule has 100 valence electrons. The van der Waals surface area contributed by atoms with Gasteiger partial charge >= 0.3 is 5.97 Å². The van der Waals surface area contributed by atoms with Crippen molar-refractivity contribution in [1.82, 2.24) is 4.90 Å². The molecule has 0 aromatic carbocycles. The van der Waals surface area contributed by atoms with Crippen LogP contribution < -0.4 is 0 Å². The van der Waals surface area contributed by atoms with Crippen LogP contribution >= 0.6 is 0 Å². The Morgan fingerprint density at radius 3 is 2.50 bits per heavy atom. The maximum absolute atomic E-state index is 12.0. The lowest BCUT2D eigenvalue weighted by molar-refractivity contribution is -0.132. The monoisotopic (exact) mass is 251 g/mol. The number of fused-ring (bicyclic) bond motifs is 2. The van der Waals surface area contributed by atoms with Gasteiger partial charge < -0.3 is 10.0 Å². The molecule has 1 aliphatic carbocycles. The topological polar surface area (TPSA) is 57.6 Å². The smallest absolute Gasteiger partial charge is 0.328 e. The average molecular weight is 251 g/mol. The third kappa shape index (κ3) is 2.57. The van der Waals surface area contributed by atoms with Crippen molar-refractivity contribution in [3.8, 4) is 0 Å². The number of carboxylic acids is 1. The summed E-state index contributed by atoms with van der Waals surface area (Å²) in [5, 5.41) is 8.57. The first kappa shape index (κ1) is 13.1. The van der Waals surface area contributed by atoms with Gasteiger partial charge in [0.1, 0.15) is 0 Å². The van der Waals surface area contributed by atoms with E-state index in [-0.39, 0.29) is 22.8 Å². The lowest BCUT2D eigenvalue weighted by atomic mass is 9.65. The summed E-state index contributed by atoms with van der Waals surface area (Å²) in [4.78, 5) is 24.3. The number of hydrogen-bond donors (Lipinski definition) is 1. The van der Waals surface area contributed by atoms with E-state index in [1.54, 1.807) is 0 Å². The fourth-order valence-electron chi connectivity index (χ4n) is 3.96. The second kappa shape index (κ2) is 4.11. The summed E-state index contributed by atoms with van der Waals surface area (Å²) in [6.45, 7) is 7.48. The van der Waals surface area contributed by atoms with Crippen molar-refractivity contribution < 1.29 is 14.7 Å². The maximum Gasteiger partial charge on any atom is 0.328 e. The highest BCUT2D eigenvalue weighted by Crippen LogP contribution is 2.52. The van der Waals surface area contributed by atoms with Gasteiger partial charge in [0.2, 0.25) is 5.91 Å². The van der Waals surface area contributed by atoms with Gasteiger partial charge in [-0.15, -0.1) is 0 Å². The predicted molar refractivity (Wildman–Crippen MR) is 68.0 cm³/mol. The van der Waals surface area contributed by atoms with E-state index < -0.39 is 5.97 Å². The van der Waals surface area contributed by atoms with E-state index in [0.717, 1.165) is 31.9 Å². The summed E-state index contributed by atoms with van der Waals surface area (Å²) < 4.78 is 0. The van der Waals surface area contributed by atoms with Gasteiger partial charge in [0.15, 0.2) is 0 Å². The molecule has 0 aromatic rings. The molecule has 0 aromatic heterocycles. The van der Waals surface area contributed by atoms with Crippen LogP contribution in [-0.4, -0.2) is 34.5 Å². The van der Waals surface area contributed by atoms with Crippen molar-refractivity contribution in [2.24, 2.45) is 10.8 Å². The first-order valence-electron chi connectivity index (χ1n) is 6.42. The van der Waals surface area contributed by atoms with Crippen LogP contribution in [0, 0.1) is 10.8 Å². The van der Waals surface area contributed by atoms with Gasteiger partial charge in [-0.2, -0.15) is 0 Å². The molecular formula is C14H21NO3. The predicted octanol–water partition coefficient (Wildman–Crippen LogP) is 2.05.